The average Bonchev–Trinajstić information content (AvgIpc) is 2.94. The number of aromatic nitrogens is 3. The van der Waals surface area contributed by atoms with Gasteiger partial charge in [-0.1, -0.05) is 0 Å². The third-order valence-corrected chi connectivity index (χ3v) is 3.82. The lowest BCUT2D eigenvalue weighted by Gasteiger charge is -2.24. The number of hydrogen-bond acceptors (Lipinski definition) is 6. The molecule has 7 nitrogen and oxygen atoms in total. The maximum absolute atomic E-state index is 14.8. The number of hydrogen-bond donors (Lipinski definition) is 3. The SMILES string of the molecule is Nc1nc(Cl)nc2c1ccn2CC1(F)CO[C@H](CO)C1O. The quantitative estimate of drug-likeness (QED) is 0.695. The fourth-order valence-electron chi connectivity index (χ4n) is 2.52. The van der Waals surface area contributed by atoms with Crippen molar-refractivity contribution in [1.29, 1.82) is 0 Å². The molecule has 114 valence electrons. The van der Waals surface area contributed by atoms with Gasteiger partial charge in [0.25, 0.3) is 0 Å². The van der Waals surface area contributed by atoms with E-state index in [1.54, 1.807) is 12.3 Å². The molecule has 1 aliphatic rings. The van der Waals surface area contributed by atoms with Gasteiger partial charge in [-0.15, -0.1) is 0 Å². The highest BCUT2D eigenvalue weighted by Crippen LogP contribution is 2.32. The van der Waals surface area contributed by atoms with Crippen molar-refractivity contribution < 1.29 is 19.3 Å². The maximum Gasteiger partial charge on any atom is 0.226 e. The molecule has 1 fully saturated rings. The molecule has 2 aromatic heterocycles. The molecule has 4 N–H and O–H groups in total. The van der Waals surface area contributed by atoms with E-state index in [2.05, 4.69) is 9.97 Å². The van der Waals surface area contributed by atoms with Crippen LogP contribution in [0.25, 0.3) is 11.0 Å². The van der Waals surface area contributed by atoms with Gasteiger partial charge in [0.2, 0.25) is 5.28 Å². The minimum Gasteiger partial charge on any atom is -0.394 e. The summed E-state index contributed by atoms with van der Waals surface area (Å²) in [5.41, 5.74) is 4.09. The van der Waals surface area contributed by atoms with E-state index in [1.165, 1.54) is 4.57 Å². The number of nitrogen functional groups attached to an aromatic ring is 1. The van der Waals surface area contributed by atoms with Crippen LogP contribution in [0.1, 0.15) is 0 Å². The first-order chi connectivity index (χ1) is 9.94. The minimum atomic E-state index is -2.02. The van der Waals surface area contributed by atoms with Crippen LogP contribution in [0.2, 0.25) is 5.28 Å². The Bertz CT molecular complexity index is 682. The van der Waals surface area contributed by atoms with Gasteiger partial charge in [-0.3, -0.25) is 0 Å². The summed E-state index contributed by atoms with van der Waals surface area (Å²) in [7, 11) is 0. The van der Waals surface area contributed by atoms with E-state index in [4.69, 9.17) is 27.2 Å². The Labute approximate surface area is 124 Å². The molecule has 3 heterocycles. The fourth-order valence-corrected chi connectivity index (χ4v) is 2.69. The summed E-state index contributed by atoms with van der Waals surface area (Å²) in [6.45, 7) is -0.950. The van der Waals surface area contributed by atoms with E-state index >= 15 is 0 Å². The van der Waals surface area contributed by atoms with Crippen LogP contribution >= 0.6 is 11.6 Å². The number of rotatable bonds is 3. The molecule has 2 unspecified atom stereocenters. The highest BCUT2D eigenvalue weighted by atomic mass is 35.5. The van der Waals surface area contributed by atoms with E-state index in [9.17, 15) is 9.50 Å². The summed E-state index contributed by atoms with van der Waals surface area (Å²) in [4.78, 5) is 7.86. The Morgan fingerprint density at radius 3 is 3.00 bits per heavy atom. The predicted octanol–water partition coefficient (Wildman–Crippen LogP) is 0.127. The van der Waals surface area contributed by atoms with Crippen molar-refractivity contribution in [2.45, 2.75) is 24.4 Å². The van der Waals surface area contributed by atoms with Gasteiger partial charge in [-0.2, -0.15) is 4.98 Å². The number of aliphatic hydroxyl groups is 2. The molecule has 3 rings (SSSR count). The summed E-state index contributed by atoms with van der Waals surface area (Å²) in [5, 5.41) is 19.5. The third-order valence-electron chi connectivity index (χ3n) is 3.65. The third kappa shape index (κ3) is 2.34. The zero-order chi connectivity index (χ0) is 15.2. The van der Waals surface area contributed by atoms with Crippen molar-refractivity contribution in [2.75, 3.05) is 18.9 Å². The summed E-state index contributed by atoms with van der Waals surface area (Å²) >= 11 is 5.76. The molecule has 1 aliphatic heterocycles. The van der Waals surface area contributed by atoms with Crippen LogP contribution in [-0.4, -0.2) is 55.8 Å². The molecule has 9 heteroatoms. The van der Waals surface area contributed by atoms with Crippen LogP contribution in [0.3, 0.4) is 0 Å². The van der Waals surface area contributed by atoms with Crippen molar-refractivity contribution in [3.63, 3.8) is 0 Å². The minimum absolute atomic E-state index is 0.0377. The van der Waals surface area contributed by atoms with Gasteiger partial charge in [0.15, 0.2) is 5.67 Å². The van der Waals surface area contributed by atoms with Crippen LogP contribution in [0.5, 0.6) is 0 Å². The molecule has 2 aromatic rings. The smallest absolute Gasteiger partial charge is 0.226 e. The van der Waals surface area contributed by atoms with Crippen LogP contribution in [-0.2, 0) is 11.3 Å². The molecule has 0 amide bonds. The zero-order valence-corrected chi connectivity index (χ0v) is 11.7. The lowest BCUT2D eigenvalue weighted by Crippen LogP contribution is -2.44. The van der Waals surface area contributed by atoms with E-state index in [0.29, 0.717) is 11.0 Å². The molecule has 0 aromatic carbocycles. The Morgan fingerprint density at radius 1 is 1.57 bits per heavy atom. The van der Waals surface area contributed by atoms with Gasteiger partial charge in [-0.05, 0) is 17.7 Å². The van der Waals surface area contributed by atoms with Crippen molar-refractivity contribution in [3.8, 4) is 0 Å². The second-order valence-corrected chi connectivity index (χ2v) is 5.41. The predicted molar refractivity (Wildman–Crippen MR) is 73.6 cm³/mol. The fraction of sp³-hybridized carbons (Fsp3) is 0.500. The number of aliphatic hydroxyl groups excluding tert-OH is 2. The Kier molecular flexibility index (Phi) is 3.48. The van der Waals surface area contributed by atoms with Gasteiger partial charge >= 0.3 is 0 Å². The summed E-state index contributed by atoms with van der Waals surface area (Å²) in [6, 6.07) is 1.65. The second-order valence-electron chi connectivity index (χ2n) is 5.07. The molecule has 0 bridgehead atoms. The van der Waals surface area contributed by atoms with Crippen LogP contribution in [0.4, 0.5) is 10.2 Å². The van der Waals surface area contributed by atoms with Crippen LogP contribution in [0, 0.1) is 0 Å². The monoisotopic (exact) mass is 316 g/mol. The summed E-state index contributed by atoms with van der Waals surface area (Å²) in [5.74, 6) is 0.202. The Hall–Kier alpha value is -1.48. The Morgan fingerprint density at radius 2 is 2.33 bits per heavy atom. The molecule has 0 aliphatic carbocycles. The molecule has 0 spiro atoms. The Balaban J connectivity index is 1.95. The largest absolute Gasteiger partial charge is 0.394 e. The number of fused-ring (bicyclic) bond motifs is 1. The van der Waals surface area contributed by atoms with Gasteiger partial charge in [-0.25, -0.2) is 9.37 Å². The standard InChI is InChI=1S/C12H14ClFN4O3/c13-11-16-9(15)6-1-2-18(10(6)17-11)4-12(14)5-21-7(3-19)8(12)20/h1-2,7-8,19-20H,3-5H2,(H2,15,16,17)/t7-,8?,12?/m1/s1. The maximum atomic E-state index is 14.8. The average molecular weight is 317 g/mol. The number of alkyl halides is 1. The topological polar surface area (TPSA) is 106 Å². The first kappa shape index (κ1) is 14.5. The summed E-state index contributed by atoms with van der Waals surface area (Å²) < 4.78 is 21.4. The van der Waals surface area contributed by atoms with Crippen LogP contribution < -0.4 is 5.73 Å². The van der Waals surface area contributed by atoms with Gasteiger partial charge in [0.05, 0.1) is 25.1 Å². The number of nitrogens with two attached hydrogens (primary N) is 1. The van der Waals surface area contributed by atoms with Gasteiger partial charge in [0.1, 0.15) is 23.7 Å². The zero-order valence-electron chi connectivity index (χ0n) is 10.9. The lowest BCUT2D eigenvalue weighted by molar-refractivity contribution is -0.0181. The van der Waals surface area contributed by atoms with Crippen LogP contribution in [0.15, 0.2) is 12.3 Å². The van der Waals surface area contributed by atoms with E-state index < -0.39 is 24.5 Å². The van der Waals surface area contributed by atoms with E-state index in [1.807, 2.05) is 0 Å². The first-order valence-electron chi connectivity index (χ1n) is 6.32. The van der Waals surface area contributed by atoms with Crippen molar-refractivity contribution in [2.24, 2.45) is 0 Å². The number of ether oxygens (including phenoxy) is 1. The molecular weight excluding hydrogens is 303 g/mol. The van der Waals surface area contributed by atoms with Gasteiger partial charge < -0.3 is 25.3 Å². The second kappa shape index (κ2) is 5.06. The first-order valence-corrected chi connectivity index (χ1v) is 6.70. The highest BCUT2D eigenvalue weighted by molar-refractivity contribution is 6.28. The van der Waals surface area contributed by atoms with Crippen molar-refractivity contribution >= 4 is 28.5 Å². The van der Waals surface area contributed by atoms with Crippen molar-refractivity contribution in [1.82, 2.24) is 14.5 Å². The molecule has 1 saturated heterocycles. The van der Waals surface area contributed by atoms with E-state index in [0.717, 1.165) is 0 Å². The molecule has 0 saturated carbocycles. The lowest BCUT2D eigenvalue weighted by atomic mass is 9.98. The highest BCUT2D eigenvalue weighted by Gasteiger charge is 2.50. The normalized spacial score (nSPS) is 29.3. The molecule has 3 atom stereocenters. The molecule has 0 radical (unpaired) electrons. The molecular formula is C12H14ClFN4O3. The number of anilines is 1. The van der Waals surface area contributed by atoms with Gasteiger partial charge in [0, 0.05) is 6.20 Å². The number of halogens is 2. The van der Waals surface area contributed by atoms with Crippen molar-refractivity contribution in [3.05, 3.63) is 17.5 Å². The molecule has 21 heavy (non-hydrogen) atoms. The van der Waals surface area contributed by atoms with E-state index in [-0.39, 0.29) is 24.3 Å². The summed E-state index contributed by atoms with van der Waals surface area (Å²) in [6.07, 6.45) is -0.762. The number of nitrogens with zero attached hydrogens (tertiary/aromatic N) is 3.